The number of nitrogens with zero attached hydrogens (tertiary/aromatic N) is 3. The number of hydrogen-bond acceptors (Lipinski definition) is 4. The molecule has 0 aliphatic rings. The van der Waals surface area contributed by atoms with Crippen molar-refractivity contribution in [2.45, 2.75) is 13.8 Å². The highest BCUT2D eigenvalue weighted by Crippen LogP contribution is 2.15. The molecule has 2 rings (SSSR count). The van der Waals surface area contributed by atoms with Crippen LogP contribution in [0.1, 0.15) is 22.8 Å². The fourth-order valence-electron chi connectivity index (χ4n) is 1.56. The fraction of sp³-hybridized carbons (Fsp3) is 0.250. The van der Waals surface area contributed by atoms with Crippen molar-refractivity contribution >= 4 is 17.6 Å². The summed E-state index contributed by atoms with van der Waals surface area (Å²) in [5.74, 6) is 0.258. The van der Waals surface area contributed by atoms with Gasteiger partial charge in [-0.1, -0.05) is 11.6 Å². The van der Waals surface area contributed by atoms with E-state index >= 15 is 0 Å². The van der Waals surface area contributed by atoms with Crippen LogP contribution < -0.4 is 0 Å². The lowest BCUT2D eigenvalue weighted by molar-refractivity contribution is 0.0525. The molecule has 0 aliphatic heterocycles. The number of ether oxygens (including phenoxy) is 1. The quantitative estimate of drug-likeness (QED) is 0.800. The molecule has 0 radical (unpaired) electrons. The summed E-state index contributed by atoms with van der Waals surface area (Å²) in [5.41, 5.74) is 1.35. The van der Waals surface area contributed by atoms with Crippen molar-refractivity contribution in [3.05, 3.63) is 40.8 Å². The van der Waals surface area contributed by atoms with Gasteiger partial charge in [0.05, 0.1) is 12.2 Å². The fourth-order valence-corrected chi connectivity index (χ4v) is 1.66. The summed E-state index contributed by atoms with van der Waals surface area (Å²) in [6.07, 6.45) is 3.47. The smallest absolute Gasteiger partial charge is 0.339 e. The van der Waals surface area contributed by atoms with E-state index in [-0.39, 0.29) is 5.97 Å². The normalized spacial score (nSPS) is 10.4. The third-order valence-electron chi connectivity index (χ3n) is 2.40. The Morgan fingerprint density at radius 1 is 1.39 bits per heavy atom. The number of halogens is 1. The first-order valence-electron chi connectivity index (χ1n) is 5.47. The summed E-state index contributed by atoms with van der Waals surface area (Å²) in [5, 5.41) is 8.02. The Kier molecular flexibility index (Phi) is 3.62. The summed E-state index contributed by atoms with van der Waals surface area (Å²) < 4.78 is 6.68. The first-order chi connectivity index (χ1) is 8.61. The maximum absolute atomic E-state index is 11.7. The topological polar surface area (TPSA) is 57.0 Å². The van der Waals surface area contributed by atoms with Gasteiger partial charge in [0, 0.05) is 12.4 Å². The minimum Gasteiger partial charge on any atom is -0.462 e. The van der Waals surface area contributed by atoms with Crippen molar-refractivity contribution in [1.82, 2.24) is 14.8 Å². The third kappa shape index (κ3) is 2.51. The first kappa shape index (κ1) is 12.6. The van der Waals surface area contributed by atoms with E-state index in [0.717, 1.165) is 5.56 Å². The molecule has 2 heterocycles. The zero-order valence-corrected chi connectivity index (χ0v) is 10.8. The maximum atomic E-state index is 11.7. The van der Waals surface area contributed by atoms with Crippen LogP contribution in [0.15, 0.2) is 24.5 Å². The van der Waals surface area contributed by atoms with E-state index in [1.807, 2.05) is 6.92 Å². The van der Waals surface area contributed by atoms with Crippen LogP contribution in [-0.4, -0.2) is 27.3 Å². The molecule has 0 amide bonds. The molecule has 0 unspecified atom stereocenters. The second kappa shape index (κ2) is 5.18. The summed E-state index contributed by atoms with van der Waals surface area (Å²) >= 11 is 5.67. The first-order valence-corrected chi connectivity index (χ1v) is 5.85. The summed E-state index contributed by atoms with van der Waals surface area (Å²) in [6.45, 7) is 3.96. The van der Waals surface area contributed by atoms with Crippen LogP contribution >= 0.6 is 11.6 Å². The van der Waals surface area contributed by atoms with Gasteiger partial charge in [0.2, 0.25) is 0 Å². The number of hydrogen-bond donors (Lipinski definition) is 0. The molecule has 0 N–H and O–H groups in total. The predicted octanol–water partition coefficient (Wildman–Crippen LogP) is 2.41. The van der Waals surface area contributed by atoms with Crippen molar-refractivity contribution in [1.29, 1.82) is 0 Å². The Hall–Kier alpha value is -1.88. The number of aromatic nitrogens is 3. The molecule has 2 aromatic rings. The van der Waals surface area contributed by atoms with Gasteiger partial charge in [-0.2, -0.15) is 0 Å². The Bertz CT molecular complexity index is 563. The van der Waals surface area contributed by atoms with Gasteiger partial charge in [0.15, 0.2) is 11.0 Å². The van der Waals surface area contributed by atoms with Gasteiger partial charge in [-0.3, -0.25) is 0 Å². The number of carbonyl (C=O) groups is 1. The minimum absolute atomic E-state index is 0.327. The van der Waals surface area contributed by atoms with Gasteiger partial charge in [0.25, 0.3) is 0 Å². The average Bonchev–Trinajstić information content (AvgIpc) is 2.72. The van der Waals surface area contributed by atoms with E-state index in [2.05, 4.69) is 10.2 Å². The molecular formula is C12H12ClN3O2. The highest BCUT2D eigenvalue weighted by atomic mass is 35.5. The van der Waals surface area contributed by atoms with E-state index in [0.29, 0.717) is 23.1 Å². The van der Waals surface area contributed by atoms with Crippen LogP contribution in [0.4, 0.5) is 0 Å². The van der Waals surface area contributed by atoms with E-state index in [4.69, 9.17) is 16.3 Å². The second-order valence-corrected chi connectivity index (χ2v) is 4.08. The SMILES string of the molecule is CCOC(=O)c1cn(-c2ccc(Cl)nn2)cc1C. The summed E-state index contributed by atoms with van der Waals surface area (Å²) in [6, 6.07) is 3.37. The average molecular weight is 266 g/mol. The zero-order valence-electron chi connectivity index (χ0n) is 10.1. The van der Waals surface area contributed by atoms with Gasteiger partial charge in [-0.05, 0) is 31.5 Å². The molecule has 5 nitrogen and oxygen atoms in total. The minimum atomic E-state index is -0.337. The highest BCUT2D eigenvalue weighted by molar-refractivity contribution is 6.29. The third-order valence-corrected chi connectivity index (χ3v) is 2.61. The lowest BCUT2D eigenvalue weighted by Crippen LogP contribution is -2.04. The Morgan fingerprint density at radius 2 is 2.17 bits per heavy atom. The predicted molar refractivity (Wildman–Crippen MR) is 67.1 cm³/mol. The lowest BCUT2D eigenvalue weighted by Gasteiger charge is -2.00. The van der Waals surface area contributed by atoms with Crippen LogP contribution in [0.5, 0.6) is 0 Å². The molecule has 0 aromatic carbocycles. The number of carbonyl (C=O) groups excluding carboxylic acids is 1. The number of aryl methyl sites for hydroxylation is 1. The van der Waals surface area contributed by atoms with Crippen molar-refractivity contribution in [3.8, 4) is 5.82 Å². The van der Waals surface area contributed by atoms with Crippen molar-refractivity contribution in [2.24, 2.45) is 0 Å². The number of rotatable bonds is 3. The van der Waals surface area contributed by atoms with Crippen LogP contribution in [0.3, 0.4) is 0 Å². The zero-order chi connectivity index (χ0) is 13.1. The molecule has 0 spiro atoms. The van der Waals surface area contributed by atoms with E-state index < -0.39 is 0 Å². The Labute approximate surface area is 109 Å². The van der Waals surface area contributed by atoms with Crippen LogP contribution in [0.2, 0.25) is 5.15 Å². The molecule has 18 heavy (non-hydrogen) atoms. The van der Waals surface area contributed by atoms with E-state index in [1.54, 1.807) is 36.0 Å². The second-order valence-electron chi connectivity index (χ2n) is 3.70. The van der Waals surface area contributed by atoms with E-state index in [1.165, 1.54) is 0 Å². The van der Waals surface area contributed by atoms with E-state index in [9.17, 15) is 4.79 Å². The Morgan fingerprint density at radius 3 is 2.78 bits per heavy atom. The maximum Gasteiger partial charge on any atom is 0.339 e. The van der Waals surface area contributed by atoms with Crippen LogP contribution in [0, 0.1) is 6.92 Å². The Balaban J connectivity index is 2.34. The lowest BCUT2D eigenvalue weighted by atomic mass is 10.2. The highest BCUT2D eigenvalue weighted by Gasteiger charge is 2.13. The molecule has 0 saturated carbocycles. The molecule has 0 saturated heterocycles. The van der Waals surface area contributed by atoms with Crippen molar-refractivity contribution in [3.63, 3.8) is 0 Å². The molecule has 0 fully saturated rings. The van der Waals surface area contributed by atoms with Gasteiger partial charge in [-0.25, -0.2) is 4.79 Å². The van der Waals surface area contributed by atoms with Crippen molar-refractivity contribution in [2.75, 3.05) is 6.61 Å². The molecule has 94 valence electrons. The molecule has 6 heteroatoms. The molecule has 2 aromatic heterocycles. The van der Waals surface area contributed by atoms with Gasteiger partial charge in [0.1, 0.15) is 0 Å². The largest absolute Gasteiger partial charge is 0.462 e. The summed E-state index contributed by atoms with van der Waals surface area (Å²) in [7, 11) is 0. The number of esters is 1. The van der Waals surface area contributed by atoms with Gasteiger partial charge in [-0.15, -0.1) is 10.2 Å². The standard InChI is InChI=1S/C12H12ClN3O2/c1-3-18-12(17)9-7-16(6-8(9)2)11-5-4-10(13)14-15-11/h4-7H,3H2,1-2H3. The molecule has 0 aliphatic carbocycles. The monoisotopic (exact) mass is 265 g/mol. The molecular weight excluding hydrogens is 254 g/mol. The van der Waals surface area contributed by atoms with Crippen LogP contribution in [0.25, 0.3) is 5.82 Å². The van der Waals surface area contributed by atoms with Crippen molar-refractivity contribution < 1.29 is 9.53 Å². The van der Waals surface area contributed by atoms with Crippen LogP contribution in [-0.2, 0) is 4.74 Å². The molecule has 0 atom stereocenters. The van der Waals surface area contributed by atoms with Gasteiger partial charge < -0.3 is 9.30 Å². The molecule has 0 bridgehead atoms. The summed E-state index contributed by atoms with van der Waals surface area (Å²) in [4.78, 5) is 11.7. The van der Waals surface area contributed by atoms with Gasteiger partial charge >= 0.3 is 5.97 Å².